The van der Waals surface area contributed by atoms with Crippen molar-refractivity contribution >= 4 is 29.6 Å². The average Bonchev–Trinajstić information content (AvgIpc) is 2.64. The molecule has 3 amide bonds. The van der Waals surface area contributed by atoms with E-state index in [0.717, 1.165) is 10.6 Å². The molecule has 0 fully saturated rings. The summed E-state index contributed by atoms with van der Waals surface area (Å²) in [4.78, 5) is 50.2. The molecule has 0 aromatic heterocycles. The van der Waals surface area contributed by atoms with E-state index < -0.39 is 30.5 Å². The number of imide groups is 1. The smallest absolute Gasteiger partial charge is 0.413 e. The third kappa shape index (κ3) is 7.35. The van der Waals surface area contributed by atoms with Crippen LogP contribution in [0.5, 0.6) is 0 Å². The molecule has 9 nitrogen and oxygen atoms in total. The van der Waals surface area contributed by atoms with E-state index in [2.05, 4.69) is 4.74 Å². The Morgan fingerprint density at radius 3 is 2.15 bits per heavy atom. The Hall–Kier alpha value is -3.10. The number of anilines is 1. The van der Waals surface area contributed by atoms with Crippen LogP contribution in [-0.2, 0) is 19.1 Å². The van der Waals surface area contributed by atoms with Crippen molar-refractivity contribution in [1.29, 1.82) is 0 Å². The number of carbonyl (C=O) groups excluding carboxylic acids is 4. The van der Waals surface area contributed by atoms with Crippen molar-refractivity contribution in [2.45, 2.75) is 13.8 Å². The van der Waals surface area contributed by atoms with Crippen LogP contribution in [0, 0.1) is 0 Å². The van der Waals surface area contributed by atoms with E-state index in [1.807, 2.05) is 24.3 Å². The molecular weight excluding hydrogens is 354 g/mol. The molecule has 0 spiro atoms. The monoisotopic (exact) mass is 379 g/mol. The van der Waals surface area contributed by atoms with Crippen LogP contribution in [0.4, 0.5) is 10.5 Å². The number of benzene rings is 1. The molecule has 0 heterocycles. The molecule has 1 aromatic carbocycles. The van der Waals surface area contributed by atoms with Crippen molar-refractivity contribution in [2.24, 2.45) is 0 Å². The van der Waals surface area contributed by atoms with E-state index in [1.165, 1.54) is 0 Å². The maximum atomic E-state index is 12.1. The van der Waals surface area contributed by atoms with Crippen LogP contribution in [0.25, 0.3) is 0 Å². The summed E-state index contributed by atoms with van der Waals surface area (Å²) in [6.07, 6.45) is -0.876. The number of ether oxygens (including phenoxy) is 2. The summed E-state index contributed by atoms with van der Waals surface area (Å²) in [6.45, 7) is 2.76. The predicted molar refractivity (Wildman–Crippen MR) is 98.5 cm³/mol. The largest absolute Gasteiger partial charge is 0.452 e. The molecule has 0 aliphatic heterocycles. The highest BCUT2D eigenvalue weighted by atomic mass is 16.5. The molecule has 1 N–H and O–H groups in total. The van der Waals surface area contributed by atoms with Gasteiger partial charge in [0.05, 0.1) is 12.2 Å². The van der Waals surface area contributed by atoms with Gasteiger partial charge >= 0.3 is 12.1 Å². The van der Waals surface area contributed by atoms with Gasteiger partial charge in [-0.05, 0) is 38.1 Å². The summed E-state index contributed by atoms with van der Waals surface area (Å²) in [5.74, 6) is -1.87. The highest BCUT2D eigenvalue weighted by Gasteiger charge is 2.19. The van der Waals surface area contributed by atoms with Gasteiger partial charge < -0.3 is 19.3 Å². The van der Waals surface area contributed by atoms with E-state index >= 15 is 0 Å². The SMILES string of the molecule is CCOC(=O)NC(=O)CN(CC)C(=O)COC(=O)c1ccc(N(C)C)cc1. The number of amides is 3. The van der Waals surface area contributed by atoms with Crippen LogP contribution < -0.4 is 10.2 Å². The standard InChI is InChI=1S/C18H25N3O6/c1-5-21(11-15(22)19-18(25)26-6-2)16(23)12-27-17(24)13-7-9-14(10-8-13)20(3)4/h7-10H,5-6,11-12H2,1-4H3,(H,19,22,25). The summed E-state index contributed by atoms with van der Waals surface area (Å²) >= 11 is 0. The highest BCUT2D eigenvalue weighted by Crippen LogP contribution is 2.13. The lowest BCUT2D eigenvalue weighted by Gasteiger charge is -2.20. The maximum absolute atomic E-state index is 12.1. The average molecular weight is 379 g/mol. The Morgan fingerprint density at radius 1 is 1.00 bits per heavy atom. The minimum atomic E-state index is -0.876. The van der Waals surface area contributed by atoms with Crippen molar-refractivity contribution in [3.8, 4) is 0 Å². The number of nitrogens with one attached hydrogen (secondary N) is 1. The molecule has 1 rings (SSSR count). The number of nitrogens with zero attached hydrogens (tertiary/aromatic N) is 2. The molecule has 0 atom stereocenters. The number of alkyl carbamates (subject to hydrolysis) is 1. The second kappa shape index (κ2) is 10.8. The molecular formula is C18H25N3O6. The third-order valence-electron chi connectivity index (χ3n) is 3.53. The Balaban J connectivity index is 2.53. The lowest BCUT2D eigenvalue weighted by Crippen LogP contribution is -2.44. The van der Waals surface area contributed by atoms with E-state index in [1.54, 1.807) is 38.1 Å². The molecule has 148 valence electrons. The Kier molecular flexibility index (Phi) is 8.77. The number of rotatable bonds is 8. The van der Waals surface area contributed by atoms with Gasteiger partial charge in [-0.1, -0.05) is 0 Å². The first kappa shape index (κ1) is 21.9. The van der Waals surface area contributed by atoms with Crippen LogP contribution in [0.1, 0.15) is 24.2 Å². The number of esters is 1. The second-order valence-corrected chi connectivity index (χ2v) is 5.69. The molecule has 0 radical (unpaired) electrons. The molecule has 0 saturated heterocycles. The summed E-state index contributed by atoms with van der Waals surface area (Å²) < 4.78 is 9.60. The van der Waals surface area contributed by atoms with Crippen molar-refractivity contribution < 1.29 is 28.7 Å². The zero-order valence-corrected chi connectivity index (χ0v) is 16.0. The Morgan fingerprint density at radius 2 is 1.63 bits per heavy atom. The van der Waals surface area contributed by atoms with Gasteiger partial charge in [-0.2, -0.15) is 0 Å². The molecule has 0 aliphatic carbocycles. The minimum Gasteiger partial charge on any atom is -0.452 e. The molecule has 0 bridgehead atoms. The molecule has 27 heavy (non-hydrogen) atoms. The first-order valence-corrected chi connectivity index (χ1v) is 8.47. The molecule has 1 aromatic rings. The van der Waals surface area contributed by atoms with Crippen molar-refractivity contribution in [3.05, 3.63) is 29.8 Å². The Labute approximate surface area is 158 Å². The van der Waals surface area contributed by atoms with Crippen molar-refractivity contribution in [2.75, 3.05) is 45.3 Å². The van der Waals surface area contributed by atoms with Gasteiger partial charge in [-0.15, -0.1) is 0 Å². The zero-order chi connectivity index (χ0) is 20.4. The first-order valence-electron chi connectivity index (χ1n) is 8.47. The van der Waals surface area contributed by atoms with Gasteiger partial charge in [-0.25, -0.2) is 9.59 Å². The first-order chi connectivity index (χ1) is 12.8. The quantitative estimate of drug-likeness (QED) is 0.673. The van der Waals surface area contributed by atoms with Gasteiger partial charge in [-0.3, -0.25) is 14.9 Å². The summed E-state index contributed by atoms with van der Waals surface area (Å²) in [5.41, 5.74) is 1.24. The van der Waals surface area contributed by atoms with Crippen LogP contribution in [-0.4, -0.2) is 69.2 Å². The van der Waals surface area contributed by atoms with E-state index in [9.17, 15) is 19.2 Å². The van der Waals surface area contributed by atoms with Gasteiger partial charge in [0.25, 0.3) is 5.91 Å². The van der Waals surface area contributed by atoms with Crippen LogP contribution >= 0.6 is 0 Å². The van der Waals surface area contributed by atoms with Gasteiger partial charge in [0.1, 0.15) is 6.54 Å². The van der Waals surface area contributed by atoms with Crippen molar-refractivity contribution in [3.63, 3.8) is 0 Å². The molecule has 0 saturated carbocycles. The normalized spacial score (nSPS) is 9.93. The van der Waals surface area contributed by atoms with Crippen molar-refractivity contribution in [1.82, 2.24) is 10.2 Å². The number of hydrogen-bond acceptors (Lipinski definition) is 7. The zero-order valence-electron chi connectivity index (χ0n) is 16.0. The summed E-state index contributed by atoms with van der Waals surface area (Å²) in [6, 6.07) is 6.73. The Bertz CT molecular complexity index is 672. The summed E-state index contributed by atoms with van der Waals surface area (Å²) in [7, 11) is 3.76. The van der Waals surface area contributed by atoms with Crippen LogP contribution in [0.2, 0.25) is 0 Å². The van der Waals surface area contributed by atoms with Crippen LogP contribution in [0.3, 0.4) is 0 Å². The predicted octanol–water partition coefficient (Wildman–Crippen LogP) is 1.03. The fourth-order valence-corrected chi connectivity index (χ4v) is 2.07. The lowest BCUT2D eigenvalue weighted by molar-refractivity contribution is -0.138. The fourth-order valence-electron chi connectivity index (χ4n) is 2.07. The molecule has 0 unspecified atom stereocenters. The molecule has 0 aliphatic rings. The fraction of sp³-hybridized carbons (Fsp3) is 0.444. The number of likely N-dealkylation sites (N-methyl/N-ethyl adjacent to an activating group) is 1. The highest BCUT2D eigenvalue weighted by molar-refractivity contribution is 5.95. The molecule has 9 heteroatoms. The second-order valence-electron chi connectivity index (χ2n) is 5.69. The lowest BCUT2D eigenvalue weighted by atomic mass is 10.2. The van der Waals surface area contributed by atoms with Gasteiger partial charge in [0.2, 0.25) is 5.91 Å². The van der Waals surface area contributed by atoms with Gasteiger partial charge in [0, 0.05) is 26.3 Å². The minimum absolute atomic E-state index is 0.126. The van der Waals surface area contributed by atoms with Gasteiger partial charge in [0.15, 0.2) is 6.61 Å². The van der Waals surface area contributed by atoms with Crippen LogP contribution in [0.15, 0.2) is 24.3 Å². The van der Waals surface area contributed by atoms with E-state index in [-0.39, 0.29) is 19.7 Å². The maximum Gasteiger partial charge on any atom is 0.413 e. The third-order valence-corrected chi connectivity index (χ3v) is 3.53. The number of carbonyl (C=O) groups is 4. The van der Waals surface area contributed by atoms with E-state index in [0.29, 0.717) is 5.56 Å². The number of hydrogen-bond donors (Lipinski definition) is 1. The summed E-state index contributed by atoms with van der Waals surface area (Å²) in [5, 5.41) is 2.00. The topological polar surface area (TPSA) is 105 Å². The van der Waals surface area contributed by atoms with E-state index in [4.69, 9.17) is 4.74 Å².